The Hall–Kier alpha value is -3.82. The van der Waals surface area contributed by atoms with Crippen LogP contribution >= 0.6 is 0 Å². The van der Waals surface area contributed by atoms with Gasteiger partial charge in [-0.2, -0.15) is 18.3 Å². The Labute approximate surface area is 186 Å². The highest BCUT2D eigenvalue weighted by atomic mass is 19.4. The van der Waals surface area contributed by atoms with E-state index in [-0.39, 0.29) is 11.9 Å². The monoisotopic (exact) mass is 457 g/mol. The summed E-state index contributed by atoms with van der Waals surface area (Å²) < 4.78 is 57.5. The zero-order valence-corrected chi connectivity index (χ0v) is 17.4. The van der Waals surface area contributed by atoms with E-state index in [1.807, 2.05) is 6.92 Å². The van der Waals surface area contributed by atoms with Gasteiger partial charge in [-0.15, -0.1) is 5.10 Å². The van der Waals surface area contributed by atoms with Crippen molar-refractivity contribution in [2.24, 2.45) is 0 Å². The molecule has 1 saturated heterocycles. The highest BCUT2D eigenvalue weighted by molar-refractivity contribution is 5.84. The van der Waals surface area contributed by atoms with Gasteiger partial charge in [-0.25, -0.2) is 4.39 Å². The summed E-state index contributed by atoms with van der Waals surface area (Å²) in [5.41, 5.74) is 2.47. The van der Waals surface area contributed by atoms with Crippen molar-refractivity contribution < 1.29 is 22.3 Å². The zero-order chi connectivity index (χ0) is 23.2. The lowest BCUT2D eigenvalue weighted by Crippen LogP contribution is -2.54. The van der Waals surface area contributed by atoms with Crippen molar-refractivity contribution in [1.82, 2.24) is 15.2 Å². The number of fused-ring (bicyclic) bond motifs is 1. The van der Waals surface area contributed by atoms with Crippen molar-refractivity contribution in [1.29, 1.82) is 0 Å². The van der Waals surface area contributed by atoms with Gasteiger partial charge in [0, 0.05) is 22.8 Å². The Morgan fingerprint density at radius 3 is 2.61 bits per heavy atom. The number of aromatic amines is 1. The van der Waals surface area contributed by atoms with Gasteiger partial charge in [0.1, 0.15) is 17.7 Å². The second-order valence-corrected chi connectivity index (χ2v) is 7.89. The fourth-order valence-electron chi connectivity index (χ4n) is 3.80. The Morgan fingerprint density at radius 1 is 1.12 bits per heavy atom. The first kappa shape index (κ1) is 21.0. The first-order valence-corrected chi connectivity index (χ1v) is 10.2. The molecule has 1 aliphatic heterocycles. The van der Waals surface area contributed by atoms with Gasteiger partial charge in [0.25, 0.3) is 0 Å². The van der Waals surface area contributed by atoms with Crippen LogP contribution in [0, 0.1) is 12.7 Å². The lowest BCUT2D eigenvalue weighted by Gasteiger charge is -2.41. The van der Waals surface area contributed by atoms with E-state index in [0.29, 0.717) is 35.6 Å². The van der Waals surface area contributed by atoms with E-state index in [4.69, 9.17) is 4.74 Å². The minimum absolute atomic E-state index is 0.143. The summed E-state index contributed by atoms with van der Waals surface area (Å²) in [6, 6.07) is 9.95. The van der Waals surface area contributed by atoms with Crippen LogP contribution in [0.15, 0.2) is 54.9 Å². The molecule has 1 fully saturated rings. The summed E-state index contributed by atoms with van der Waals surface area (Å²) in [5.74, 6) is 0.669. The first-order valence-electron chi connectivity index (χ1n) is 10.2. The molecule has 170 valence electrons. The lowest BCUT2D eigenvalue weighted by atomic mass is 10.1. The number of rotatable bonds is 5. The molecule has 0 aliphatic carbocycles. The smallest absolute Gasteiger partial charge is 0.416 e. The molecule has 0 unspecified atom stereocenters. The average molecular weight is 457 g/mol. The van der Waals surface area contributed by atoms with Gasteiger partial charge in [0.2, 0.25) is 0 Å². The molecular formula is C23H19F4N5O. The van der Waals surface area contributed by atoms with Crippen LogP contribution in [0.5, 0.6) is 5.75 Å². The third-order valence-electron chi connectivity index (χ3n) is 5.64. The third-order valence-corrected chi connectivity index (χ3v) is 5.64. The maximum absolute atomic E-state index is 13.7. The van der Waals surface area contributed by atoms with E-state index < -0.39 is 11.7 Å². The number of aromatic nitrogens is 3. The molecular weight excluding hydrogens is 438 g/mol. The minimum Gasteiger partial charge on any atom is -0.487 e. The molecule has 6 nitrogen and oxygen atoms in total. The minimum atomic E-state index is -4.37. The number of H-pyrrole nitrogens is 1. The predicted octanol–water partition coefficient (Wildman–Crippen LogP) is 5.44. The lowest BCUT2D eigenvalue weighted by molar-refractivity contribution is -0.137. The van der Waals surface area contributed by atoms with Crippen LogP contribution in [0.2, 0.25) is 0 Å². The van der Waals surface area contributed by atoms with E-state index in [0.717, 1.165) is 29.1 Å². The Bertz CT molecular complexity index is 1300. The molecule has 3 heterocycles. The van der Waals surface area contributed by atoms with E-state index >= 15 is 0 Å². The number of hydrogen-bond acceptors (Lipinski definition) is 5. The molecule has 2 N–H and O–H groups in total. The number of benzene rings is 2. The molecule has 4 aromatic rings. The maximum Gasteiger partial charge on any atom is 0.416 e. The molecule has 1 aliphatic rings. The normalized spacial score (nSPS) is 14.4. The van der Waals surface area contributed by atoms with Crippen molar-refractivity contribution in [3.05, 3.63) is 71.8 Å². The van der Waals surface area contributed by atoms with Crippen LogP contribution in [-0.4, -0.2) is 34.4 Å². The second-order valence-electron chi connectivity index (χ2n) is 7.89. The van der Waals surface area contributed by atoms with Gasteiger partial charge < -0.3 is 19.9 Å². The number of hydrogen-bond donors (Lipinski definition) is 2. The summed E-state index contributed by atoms with van der Waals surface area (Å²) in [6.07, 6.45) is -1.53. The fraction of sp³-hybridized carbons (Fsp3) is 0.217. The molecule has 0 saturated carbocycles. The molecule has 10 heteroatoms. The average Bonchev–Trinajstić information content (AvgIpc) is 3.12. The first-order chi connectivity index (χ1) is 15.8. The molecule has 5 rings (SSSR count). The summed E-state index contributed by atoms with van der Waals surface area (Å²) in [7, 11) is 0. The van der Waals surface area contributed by atoms with E-state index in [2.05, 4.69) is 25.4 Å². The quantitative estimate of drug-likeness (QED) is 0.391. The molecule has 0 radical (unpaired) electrons. The maximum atomic E-state index is 13.7. The van der Waals surface area contributed by atoms with Crippen LogP contribution in [-0.2, 0) is 6.18 Å². The van der Waals surface area contributed by atoms with Gasteiger partial charge in [-0.1, -0.05) is 0 Å². The van der Waals surface area contributed by atoms with Crippen LogP contribution < -0.4 is 15.0 Å². The van der Waals surface area contributed by atoms with Gasteiger partial charge in [-0.3, -0.25) is 0 Å². The van der Waals surface area contributed by atoms with Gasteiger partial charge in [0.15, 0.2) is 5.82 Å². The molecule has 0 amide bonds. The van der Waals surface area contributed by atoms with Crippen molar-refractivity contribution in [2.45, 2.75) is 19.2 Å². The zero-order valence-electron chi connectivity index (χ0n) is 17.4. The summed E-state index contributed by atoms with van der Waals surface area (Å²) in [4.78, 5) is 4.95. The third kappa shape index (κ3) is 4.15. The van der Waals surface area contributed by atoms with E-state index in [1.54, 1.807) is 24.4 Å². The fourth-order valence-corrected chi connectivity index (χ4v) is 3.80. The summed E-state index contributed by atoms with van der Waals surface area (Å²) in [5, 5.41) is 12.0. The van der Waals surface area contributed by atoms with Gasteiger partial charge in [-0.05, 0) is 49.4 Å². The van der Waals surface area contributed by atoms with Gasteiger partial charge in [0.05, 0.1) is 36.1 Å². The van der Waals surface area contributed by atoms with Crippen molar-refractivity contribution in [2.75, 3.05) is 23.3 Å². The van der Waals surface area contributed by atoms with Crippen molar-refractivity contribution >= 4 is 28.1 Å². The Balaban J connectivity index is 1.24. The van der Waals surface area contributed by atoms with Crippen molar-refractivity contribution in [3.63, 3.8) is 0 Å². The van der Waals surface area contributed by atoms with Crippen LogP contribution in [0.1, 0.15) is 11.1 Å². The molecule has 0 spiro atoms. The standard InChI is InChI=1S/C23H19F4N5O/c1-13-21(32-11-17(12-32)33-16-5-2-14(3-6-16)23(25,26)27)10-29-31-22(13)30-15-4-7-18-19(24)9-28-20(18)8-15/h2-10,17,28H,11-12H2,1H3,(H,30,31). The summed E-state index contributed by atoms with van der Waals surface area (Å²) >= 11 is 0. The predicted molar refractivity (Wildman–Crippen MR) is 116 cm³/mol. The number of anilines is 3. The highest BCUT2D eigenvalue weighted by Crippen LogP contribution is 2.33. The van der Waals surface area contributed by atoms with Crippen molar-refractivity contribution in [3.8, 4) is 5.75 Å². The second kappa shape index (κ2) is 7.95. The van der Waals surface area contributed by atoms with E-state index in [1.165, 1.54) is 18.3 Å². The number of halogens is 4. The largest absolute Gasteiger partial charge is 0.487 e. The SMILES string of the molecule is Cc1c(N2CC(Oc3ccc(C(F)(F)F)cc3)C2)cnnc1Nc1ccc2c(F)c[nH]c2c1. The molecule has 2 aromatic heterocycles. The highest BCUT2D eigenvalue weighted by Gasteiger charge is 2.32. The molecule has 33 heavy (non-hydrogen) atoms. The number of nitrogens with zero attached hydrogens (tertiary/aromatic N) is 3. The molecule has 0 atom stereocenters. The Morgan fingerprint density at radius 2 is 1.88 bits per heavy atom. The molecule has 0 bridgehead atoms. The van der Waals surface area contributed by atoms with Gasteiger partial charge >= 0.3 is 6.18 Å². The van der Waals surface area contributed by atoms with E-state index in [9.17, 15) is 17.6 Å². The number of alkyl halides is 3. The topological polar surface area (TPSA) is 66.1 Å². The Kier molecular flexibility index (Phi) is 5.07. The van der Waals surface area contributed by atoms with Crippen LogP contribution in [0.4, 0.5) is 34.8 Å². The number of ether oxygens (including phenoxy) is 1. The van der Waals surface area contributed by atoms with Crippen LogP contribution in [0.3, 0.4) is 0 Å². The number of nitrogens with one attached hydrogen (secondary N) is 2. The molecule has 2 aromatic carbocycles. The van der Waals surface area contributed by atoms with Crippen LogP contribution in [0.25, 0.3) is 10.9 Å². The summed E-state index contributed by atoms with van der Waals surface area (Å²) in [6.45, 7) is 3.06.